The van der Waals surface area contributed by atoms with E-state index in [2.05, 4.69) is 10.3 Å². The van der Waals surface area contributed by atoms with Gasteiger partial charge in [0.15, 0.2) is 5.69 Å². The van der Waals surface area contributed by atoms with Gasteiger partial charge in [-0.3, -0.25) is 4.79 Å². The zero-order valence-corrected chi connectivity index (χ0v) is 12.8. The van der Waals surface area contributed by atoms with E-state index in [1.807, 2.05) is 24.3 Å². The van der Waals surface area contributed by atoms with Gasteiger partial charge >= 0.3 is 0 Å². The Morgan fingerprint density at radius 2 is 2.05 bits per heavy atom. The van der Waals surface area contributed by atoms with Gasteiger partial charge in [0.05, 0.1) is 5.60 Å². The van der Waals surface area contributed by atoms with Crippen molar-refractivity contribution in [2.75, 3.05) is 6.54 Å². The topological polar surface area (TPSA) is 75.4 Å². The Morgan fingerprint density at radius 1 is 1.36 bits per heavy atom. The molecule has 1 fully saturated rings. The first-order valence-corrected chi connectivity index (χ1v) is 7.50. The second-order valence-electron chi connectivity index (χ2n) is 6.33. The summed E-state index contributed by atoms with van der Waals surface area (Å²) in [6.07, 6.45) is 3.76. The summed E-state index contributed by atoms with van der Waals surface area (Å²) in [5.41, 5.74) is 0.991. The average Bonchev–Trinajstić information content (AvgIpc) is 3.18. The Labute approximate surface area is 129 Å². The van der Waals surface area contributed by atoms with Crippen LogP contribution in [-0.4, -0.2) is 22.5 Å². The molecule has 0 spiro atoms. The fourth-order valence-corrected chi connectivity index (χ4v) is 2.18. The van der Waals surface area contributed by atoms with E-state index in [4.69, 9.17) is 4.42 Å². The van der Waals surface area contributed by atoms with Crippen molar-refractivity contribution in [3.05, 3.63) is 41.8 Å². The van der Waals surface area contributed by atoms with Crippen molar-refractivity contribution >= 4 is 5.91 Å². The minimum atomic E-state index is -0.886. The number of carbonyl (C=O) groups excluding carboxylic acids is 1. The molecule has 0 atom stereocenters. The highest BCUT2D eigenvalue weighted by Gasteiger charge is 2.23. The van der Waals surface area contributed by atoms with Gasteiger partial charge in [-0.2, -0.15) is 0 Å². The second kappa shape index (κ2) is 5.57. The van der Waals surface area contributed by atoms with E-state index in [-0.39, 0.29) is 5.91 Å². The van der Waals surface area contributed by atoms with Crippen LogP contribution >= 0.6 is 0 Å². The van der Waals surface area contributed by atoms with E-state index in [1.54, 1.807) is 13.8 Å². The predicted molar refractivity (Wildman–Crippen MR) is 82.2 cm³/mol. The standard InChI is InChI=1S/C17H20N2O3/c1-17(2,21)13-7-5-12(6-8-13)16-19-14(10-22-16)15(20)18-9-11-3-4-11/h5-8,10-11,21H,3-4,9H2,1-2H3,(H,18,20). The van der Waals surface area contributed by atoms with Crippen molar-refractivity contribution in [2.45, 2.75) is 32.3 Å². The Hall–Kier alpha value is -2.14. The summed E-state index contributed by atoms with van der Waals surface area (Å²) in [4.78, 5) is 16.2. The number of oxazole rings is 1. The first-order valence-electron chi connectivity index (χ1n) is 7.50. The number of aliphatic hydroxyl groups is 1. The van der Waals surface area contributed by atoms with Crippen LogP contribution in [0.15, 0.2) is 34.9 Å². The van der Waals surface area contributed by atoms with E-state index in [0.29, 0.717) is 24.0 Å². The zero-order chi connectivity index (χ0) is 15.7. The molecule has 3 rings (SSSR count). The van der Waals surface area contributed by atoms with E-state index in [1.165, 1.54) is 19.1 Å². The van der Waals surface area contributed by atoms with E-state index >= 15 is 0 Å². The number of nitrogens with zero attached hydrogens (tertiary/aromatic N) is 1. The first-order chi connectivity index (χ1) is 10.4. The Kier molecular flexibility index (Phi) is 3.74. The fourth-order valence-electron chi connectivity index (χ4n) is 2.18. The number of benzene rings is 1. The van der Waals surface area contributed by atoms with Crippen LogP contribution in [0.3, 0.4) is 0 Å². The zero-order valence-electron chi connectivity index (χ0n) is 12.8. The lowest BCUT2D eigenvalue weighted by molar-refractivity contribution is 0.0786. The first kappa shape index (κ1) is 14.8. The molecule has 0 aliphatic heterocycles. The summed E-state index contributed by atoms with van der Waals surface area (Å²) in [6.45, 7) is 4.17. The highest BCUT2D eigenvalue weighted by Crippen LogP contribution is 2.28. The molecule has 5 nitrogen and oxygen atoms in total. The quantitative estimate of drug-likeness (QED) is 0.890. The average molecular weight is 300 g/mol. The SMILES string of the molecule is CC(C)(O)c1ccc(-c2nc(C(=O)NCC3CC3)co2)cc1. The summed E-state index contributed by atoms with van der Waals surface area (Å²) in [7, 11) is 0. The van der Waals surface area contributed by atoms with Gasteiger partial charge in [-0.05, 0) is 50.3 Å². The monoisotopic (exact) mass is 300 g/mol. The van der Waals surface area contributed by atoms with Crippen LogP contribution in [0.5, 0.6) is 0 Å². The van der Waals surface area contributed by atoms with Crippen LogP contribution in [0.4, 0.5) is 0 Å². The molecule has 1 aromatic carbocycles. The smallest absolute Gasteiger partial charge is 0.273 e. The number of aromatic nitrogens is 1. The molecular weight excluding hydrogens is 280 g/mol. The van der Waals surface area contributed by atoms with Gasteiger partial charge in [0, 0.05) is 12.1 Å². The van der Waals surface area contributed by atoms with Gasteiger partial charge in [0.25, 0.3) is 5.91 Å². The van der Waals surface area contributed by atoms with Crippen LogP contribution in [0.25, 0.3) is 11.5 Å². The van der Waals surface area contributed by atoms with Gasteiger partial charge < -0.3 is 14.8 Å². The van der Waals surface area contributed by atoms with E-state index < -0.39 is 5.60 Å². The number of rotatable bonds is 5. The van der Waals surface area contributed by atoms with Crippen molar-refractivity contribution in [1.29, 1.82) is 0 Å². The lowest BCUT2D eigenvalue weighted by atomic mass is 9.97. The third-order valence-electron chi connectivity index (χ3n) is 3.82. The van der Waals surface area contributed by atoms with E-state index in [0.717, 1.165) is 11.1 Å². The maximum Gasteiger partial charge on any atom is 0.273 e. The molecule has 0 saturated heterocycles. The number of nitrogens with one attached hydrogen (secondary N) is 1. The summed E-state index contributed by atoms with van der Waals surface area (Å²) in [6, 6.07) is 7.30. The Morgan fingerprint density at radius 3 is 2.64 bits per heavy atom. The van der Waals surface area contributed by atoms with Crippen molar-refractivity contribution in [1.82, 2.24) is 10.3 Å². The molecule has 5 heteroatoms. The normalized spacial score (nSPS) is 14.9. The van der Waals surface area contributed by atoms with E-state index in [9.17, 15) is 9.90 Å². The maximum absolute atomic E-state index is 11.9. The molecule has 2 N–H and O–H groups in total. The van der Waals surface area contributed by atoms with Crippen LogP contribution in [-0.2, 0) is 5.60 Å². The summed E-state index contributed by atoms with van der Waals surface area (Å²) >= 11 is 0. The molecule has 0 bridgehead atoms. The minimum absolute atomic E-state index is 0.199. The molecule has 0 unspecified atom stereocenters. The predicted octanol–water partition coefficient (Wildman–Crippen LogP) is 2.71. The molecule has 2 aromatic rings. The molecule has 1 saturated carbocycles. The lowest BCUT2D eigenvalue weighted by Crippen LogP contribution is -2.25. The summed E-state index contributed by atoms with van der Waals surface area (Å²) in [5.74, 6) is 0.832. The third-order valence-corrected chi connectivity index (χ3v) is 3.82. The van der Waals surface area contributed by atoms with Crippen molar-refractivity contribution in [3.63, 3.8) is 0 Å². The molecule has 1 aliphatic rings. The van der Waals surface area contributed by atoms with Crippen LogP contribution in [0.1, 0.15) is 42.7 Å². The largest absolute Gasteiger partial charge is 0.444 e. The lowest BCUT2D eigenvalue weighted by Gasteiger charge is -2.17. The summed E-state index contributed by atoms with van der Waals surface area (Å²) in [5, 5.41) is 12.8. The van der Waals surface area contributed by atoms with Gasteiger partial charge in [-0.1, -0.05) is 12.1 Å². The third kappa shape index (κ3) is 3.36. The highest BCUT2D eigenvalue weighted by molar-refractivity contribution is 5.92. The minimum Gasteiger partial charge on any atom is -0.444 e. The highest BCUT2D eigenvalue weighted by atomic mass is 16.3. The molecule has 1 heterocycles. The Balaban J connectivity index is 1.71. The number of carbonyl (C=O) groups is 1. The number of hydrogen-bond donors (Lipinski definition) is 2. The maximum atomic E-state index is 11.9. The van der Waals surface area contributed by atoms with Crippen molar-refractivity contribution in [2.24, 2.45) is 5.92 Å². The van der Waals surface area contributed by atoms with Gasteiger partial charge in [0.2, 0.25) is 5.89 Å². The molecule has 1 amide bonds. The number of amides is 1. The second-order valence-corrected chi connectivity index (χ2v) is 6.33. The van der Waals surface area contributed by atoms with Gasteiger partial charge in [-0.25, -0.2) is 4.98 Å². The molecule has 0 radical (unpaired) electrons. The van der Waals surface area contributed by atoms with Crippen LogP contribution < -0.4 is 5.32 Å². The fraction of sp³-hybridized carbons (Fsp3) is 0.412. The molecule has 22 heavy (non-hydrogen) atoms. The molecule has 116 valence electrons. The summed E-state index contributed by atoms with van der Waals surface area (Å²) < 4.78 is 5.39. The Bertz CT molecular complexity index is 664. The molecule has 1 aromatic heterocycles. The van der Waals surface area contributed by atoms with Crippen LogP contribution in [0.2, 0.25) is 0 Å². The van der Waals surface area contributed by atoms with Crippen molar-refractivity contribution < 1.29 is 14.3 Å². The van der Waals surface area contributed by atoms with Crippen LogP contribution in [0, 0.1) is 5.92 Å². The number of hydrogen-bond acceptors (Lipinski definition) is 4. The van der Waals surface area contributed by atoms with Gasteiger partial charge in [0.1, 0.15) is 6.26 Å². The molecular formula is C17H20N2O3. The molecule has 1 aliphatic carbocycles. The van der Waals surface area contributed by atoms with Crippen molar-refractivity contribution in [3.8, 4) is 11.5 Å². The van der Waals surface area contributed by atoms with Gasteiger partial charge in [-0.15, -0.1) is 0 Å².